The summed E-state index contributed by atoms with van der Waals surface area (Å²) in [7, 11) is 0. The Morgan fingerprint density at radius 3 is 2.25 bits per heavy atom. The van der Waals surface area contributed by atoms with Gasteiger partial charge in [0.15, 0.2) is 0 Å². The number of hydrogen-bond acceptors (Lipinski definition) is 2. The van der Waals surface area contributed by atoms with E-state index in [0.717, 1.165) is 19.5 Å². The summed E-state index contributed by atoms with van der Waals surface area (Å²) in [6, 6.07) is 7.06. The molecule has 1 rings (SSSR count). The average molecular weight is 243 g/mol. The molecule has 0 bridgehead atoms. The van der Waals surface area contributed by atoms with Crippen LogP contribution in [0.1, 0.15) is 30.6 Å². The van der Waals surface area contributed by atoms with E-state index in [1.54, 1.807) is 24.3 Å². The van der Waals surface area contributed by atoms with Gasteiger partial charge in [0, 0.05) is 24.3 Å². The average Bonchev–Trinajstić information content (AvgIpc) is 2.26. The molecule has 0 heterocycles. The van der Waals surface area contributed by atoms with Gasteiger partial charge in [-0.1, -0.05) is 6.92 Å². The number of nitrogen functional groups attached to an aromatic ring is 1. The predicted octanol–water partition coefficient (Wildman–Crippen LogP) is 2.56. The first kappa shape index (κ1) is 14.8. The van der Waals surface area contributed by atoms with Gasteiger partial charge in [-0.2, -0.15) is 0 Å². The molecule has 16 heavy (non-hydrogen) atoms. The van der Waals surface area contributed by atoms with Gasteiger partial charge in [0.05, 0.1) is 0 Å². The molecule has 0 aliphatic rings. The van der Waals surface area contributed by atoms with Crippen LogP contribution in [0, 0.1) is 0 Å². The van der Waals surface area contributed by atoms with E-state index in [9.17, 15) is 4.79 Å². The first-order valence-corrected chi connectivity index (χ1v) is 5.33. The molecular formula is C12H19ClN2O. The molecule has 2 N–H and O–H groups in total. The fraction of sp³-hybridized carbons (Fsp3) is 0.417. The molecule has 1 amide bonds. The minimum atomic E-state index is 0. The van der Waals surface area contributed by atoms with Crippen LogP contribution in [0.4, 0.5) is 5.69 Å². The highest BCUT2D eigenvalue weighted by atomic mass is 35.5. The van der Waals surface area contributed by atoms with Crippen molar-refractivity contribution in [3.8, 4) is 0 Å². The summed E-state index contributed by atoms with van der Waals surface area (Å²) >= 11 is 0. The smallest absolute Gasteiger partial charge is 0.253 e. The molecule has 4 heteroatoms. The SMILES string of the molecule is CCCN(CC)C(=O)c1ccc(N)cc1.Cl. The molecule has 0 fully saturated rings. The van der Waals surface area contributed by atoms with Crippen LogP contribution in [-0.4, -0.2) is 23.9 Å². The summed E-state index contributed by atoms with van der Waals surface area (Å²) in [5, 5.41) is 0. The van der Waals surface area contributed by atoms with E-state index in [1.165, 1.54) is 0 Å². The quantitative estimate of drug-likeness (QED) is 0.825. The zero-order valence-corrected chi connectivity index (χ0v) is 10.6. The molecule has 0 aromatic heterocycles. The molecule has 1 aromatic rings. The van der Waals surface area contributed by atoms with Crippen LogP contribution in [0.2, 0.25) is 0 Å². The second kappa shape index (κ2) is 7.12. The third kappa shape index (κ3) is 3.74. The van der Waals surface area contributed by atoms with E-state index in [1.807, 2.05) is 11.8 Å². The number of halogens is 1. The van der Waals surface area contributed by atoms with Crippen LogP contribution >= 0.6 is 12.4 Å². The zero-order valence-electron chi connectivity index (χ0n) is 9.77. The van der Waals surface area contributed by atoms with Gasteiger partial charge >= 0.3 is 0 Å². The van der Waals surface area contributed by atoms with E-state index in [0.29, 0.717) is 11.3 Å². The molecule has 0 aliphatic heterocycles. The highest BCUT2D eigenvalue weighted by Crippen LogP contribution is 2.08. The summed E-state index contributed by atoms with van der Waals surface area (Å²) in [6.45, 7) is 5.61. The topological polar surface area (TPSA) is 46.3 Å². The predicted molar refractivity (Wildman–Crippen MR) is 70.0 cm³/mol. The van der Waals surface area contributed by atoms with Crippen LogP contribution in [0.25, 0.3) is 0 Å². The van der Waals surface area contributed by atoms with Gasteiger partial charge < -0.3 is 10.6 Å². The van der Waals surface area contributed by atoms with Crippen molar-refractivity contribution in [1.82, 2.24) is 4.90 Å². The van der Waals surface area contributed by atoms with E-state index in [4.69, 9.17) is 5.73 Å². The number of carbonyl (C=O) groups is 1. The van der Waals surface area contributed by atoms with Crippen molar-refractivity contribution in [2.24, 2.45) is 0 Å². The van der Waals surface area contributed by atoms with Crippen LogP contribution in [0.3, 0.4) is 0 Å². The maximum absolute atomic E-state index is 12.0. The van der Waals surface area contributed by atoms with E-state index in [-0.39, 0.29) is 18.3 Å². The van der Waals surface area contributed by atoms with Crippen molar-refractivity contribution in [1.29, 1.82) is 0 Å². The minimum absolute atomic E-state index is 0. The van der Waals surface area contributed by atoms with Crippen molar-refractivity contribution < 1.29 is 4.79 Å². The molecule has 0 aliphatic carbocycles. The second-order valence-corrected chi connectivity index (χ2v) is 3.51. The highest BCUT2D eigenvalue weighted by molar-refractivity contribution is 5.94. The molecule has 0 atom stereocenters. The van der Waals surface area contributed by atoms with Gasteiger partial charge in [-0.25, -0.2) is 0 Å². The van der Waals surface area contributed by atoms with Gasteiger partial charge in [-0.15, -0.1) is 12.4 Å². The molecule has 1 aromatic carbocycles. The van der Waals surface area contributed by atoms with E-state index < -0.39 is 0 Å². The summed E-state index contributed by atoms with van der Waals surface area (Å²) < 4.78 is 0. The number of nitrogens with two attached hydrogens (primary N) is 1. The maximum Gasteiger partial charge on any atom is 0.253 e. The fourth-order valence-electron chi connectivity index (χ4n) is 1.48. The lowest BCUT2D eigenvalue weighted by molar-refractivity contribution is 0.0764. The second-order valence-electron chi connectivity index (χ2n) is 3.51. The Morgan fingerprint density at radius 1 is 1.25 bits per heavy atom. The van der Waals surface area contributed by atoms with E-state index >= 15 is 0 Å². The zero-order chi connectivity index (χ0) is 11.3. The number of hydrogen-bond donors (Lipinski definition) is 1. The molecule has 0 radical (unpaired) electrons. The van der Waals surface area contributed by atoms with Crippen molar-refractivity contribution in [2.75, 3.05) is 18.8 Å². The Labute approximate surface area is 103 Å². The maximum atomic E-state index is 12.0. The summed E-state index contributed by atoms with van der Waals surface area (Å²) in [6.07, 6.45) is 0.981. The number of carbonyl (C=O) groups excluding carboxylic acids is 1. The summed E-state index contributed by atoms with van der Waals surface area (Å²) in [5.41, 5.74) is 6.96. The van der Waals surface area contributed by atoms with Crippen molar-refractivity contribution in [2.45, 2.75) is 20.3 Å². The van der Waals surface area contributed by atoms with Crippen molar-refractivity contribution >= 4 is 24.0 Å². The third-order valence-electron chi connectivity index (χ3n) is 2.32. The van der Waals surface area contributed by atoms with Crippen molar-refractivity contribution in [3.63, 3.8) is 0 Å². The Morgan fingerprint density at radius 2 is 1.81 bits per heavy atom. The highest BCUT2D eigenvalue weighted by Gasteiger charge is 2.12. The molecule has 0 unspecified atom stereocenters. The third-order valence-corrected chi connectivity index (χ3v) is 2.32. The summed E-state index contributed by atoms with van der Waals surface area (Å²) in [5.74, 6) is 0.0827. The van der Waals surface area contributed by atoms with Gasteiger partial charge in [-0.05, 0) is 37.6 Å². The molecule has 0 saturated heterocycles. The van der Waals surface area contributed by atoms with Crippen LogP contribution in [0.15, 0.2) is 24.3 Å². The molecule has 0 spiro atoms. The standard InChI is InChI=1S/C12H18N2O.ClH/c1-3-9-14(4-2)12(15)10-5-7-11(13)8-6-10;/h5-8H,3-4,9,13H2,1-2H3;1H. The number of anilines is 1. The number of benzene rings is 1. The van der Waals surface area contributed by atoms with Gasteiger partial charge in [0.25, 0.3) is 5.91 Å². The molecule has 3 nitrogen and oxygen atoms in total. The lowest BCUT2D eigenvalue weighted by Crippen LogP contribution is -2.31. The van der Waals surface area contributed by atoms with Crippen LogP contribution in [0.5, 0.6) is 0 Å². The normalized spacial score (nSPS) is 9.38. The number of nitrogens with zero attached hydrogens (tertiary/aromatic N) is 1. The fourth-order valence-corrected chi connectivity index (χ4v) is 1.48. The van der Waals surface area contributed by atoms with E-state index in [2.05, 4.69) is 6.92 Å². The molecular weight excluding hydrogens is 224 g/mol. The monoisotopic (exact) mass is 242 g/mol. The Balaban J connectivity index is 0.00000225. The van der Waals surface area contributed by atoms with Crippen LogP contribution < -0.4 is 5.73 Å². The van der Waals surface area contributed by atoms with Crippen molar-refractivity contribution in [3.05, 3.63) is 29.8 Å². The Kier molecular flexibility index (Phi) is 6.58. The summed E-state index contributed by atoms with van der Waals surface area (Å²) in [4.78, 5) is 13.8. The Bertz CT molecular complexity index is 324. The number of amides is 1. The Hall–Kier alpha value is -1.22. The first-order valence-electron chi connectivity index (χ1n) is 5.33. The first-order chi connectivity index (χ1) is 7.19. The molecule has 90 valence electrons. The van der Waals surface area contributed by atoms with Gasteiger partial charge in [0.1, 0.15) is 0 Å². The minimum Gasteiger partial charge on any atom is -0.399 e. The number of rotatable bonds is 4. The van der Waals surface area contributed by atoms with Gasteiger partial charge in [-0.3, -0.25) is 4.79 Å². The lowest BCUT2D eigenvalue weighted by Gasteiger charge is -2.20. The molecule has 0 saturated carbocycles. The van der Waals surface area contributed by atoms with Gasteiger partial charge in [0.2, 0.25) is 0 Å². The largest absolute Gasteiger partial charge is 0.399 e. The van der Waals surface area contributed by atoms with Crippen LogP contribution in [-0.2, 0) is 0 Å². The lowest BCUT2D eigenvalue weighted by atomic mass is 10.2.